The lowest BCUT2D eigenvalue weighted by Gasteiger charge is -2.41. The molecule has 1 saturated heterocycles. The normalized spacial score (nSPS) is 25.0. The molecule has 142 valence electrons. The number of nitrogens with zero attached hydrogens (tertiary/aromatic N) is 2. The summed E-state index contributed by atoms with van der Waals surface area (Å²) in [7, 11) is 0. The number of hydrogen-bond acceptors (Lipinski definition) is 3. The lowest BCUT2D eigenvalue weighted by atomic mass is 9.94. The van der Waals surface area contributed by atoms with Gasteiger partial charge in [0.25, 0.3) is 0 Å². The molecule has 1 aliphatic heterocycles. The van der Waals surface area contributed by atoms with Gasteiger partial charge in [-0.1, -0.05) is 33.1 Å². The van der Waals surface area contributed by atoms with Crippen LogP contribution < -0.4 is 5.32 Å². The zero-order valence-corrected chi connectivity index (χ0v) is 16.0. The zero-order chi connectivity index (χ0) is 17.8. The molecule has 2 amide bonds. The van der Waals surface area contributed by atoms with Gasteiger partial charge in [0, 0.05) is 38.6 Å². The summed E-state index contributed by atoms with van der Waals surface area (Å²) in [6, 6.07) is 0.00438. The van der Waals surface area contributed by atoms with Gasteiger partial charge >= 0.3 is 0 Å². The molecule has 2 saturated carbocycles. The van der Waals surface area contributed by atoms with Crippen LogP contribution in [-0.2, 0) is 9.59 Å². The summed E-state index contributed by atoms with van der Waals surface area (Å²) < 4.78 is 0. The maximum Gasteiger partial charge on any atom is 0.237 e. The second-order valence-corrected chi connectivity index (χ2v) is 8.38. The summed E-state index contributed by atoms with van der Waals surface area (Å²) in [5.41, 5.74) is 0. The van der Waals surface area contributed by atoms with Crippen molar-refractivity contribution in [3.63, 3.8) is 0 Å². The van der Waals surface area contributed by atoms with E-state index >= 15 is 0 Å². The number of carbonyl (C=O) groups is 2. The fourth-order valence-corrected chi connectivity index (χ4v) is 4.28. The van der Waals surface area contributed by atoms with Crippen LogP contribution in [0.25, 0.3) is 0 Å². The molecule has 0 aromatic heterocycles. The standard InChI is InChI=1S/C20H35N3O2/c1-3-15(2)14-21-19(24)18(16-6-4-5-7-16)22-10-12-23(13-11-22)20(25)17-8-9-17/h15-18H,3-14H2,1-2H3,(H,21,24). The first-order chi connectivity index (χ1) is 12.1. The van der Waals surface area contributed by atoms with Crippen molar-refractivity contribution in [2.75, 3.05) is 32.7 Å². The first kappa shape index (κ1) is 18.7. The first-order valence-electron chi connectivity index (χ1n) is 10.4. The minimum absolute atomic E-state index is 0.00438. The van der Waals surface area contributed by atoms with Crippen LogP contribution in [0.5, 0.6) is 0 Å². The lowest BCUT2D eigenvalue weighted by molar-refractivity contribution is -0.136. The second-order valence-electron chi connectivity index (χ2n) is 8.38. The Labute approximate surface area is 152 Å². The molecule has 3 rings (SSSR count). The van der Waals surface area contributed by atoms with E-state index in [4.69, 9.17) is 0 Å². The molecule has 25 heavy (non-hydrogen) atoms. The van der Waals surface area contributed by atoms with Gasteiger partial charge in [-0.15, -0.1) is 0 Å². The van der Waals surface area contributed by atoms with Crippen LogP contribution in [0.3, 0.4) is 0 Å². The van der Waals surface area contributed by atoms with Crippen molar-refractivity contribution >= 4 is 11.8 Å². The van der Waals surface area contributed by atoms with Crippen molar-refractivity contribution in [2.24, 2.45) is 17.8 Å². The highest BCUT2D eigenvalue weighted by Crippen LogP contribution is 2.33. The summed E-state index contributed by atoms with van der Waals surface area (Å²) in [6.45, 7) is 8.40. The third-order valence-corrected chi connectivity index (χ3v) is 6.38. The van der Waals surface area contributed by atoms with E-state index in [-0.39, 0.29) is 11.9 Å². The van der Waals surface area contributed by atoms with E-state index in [1.54, 1.807) is 0 Å². The van der Waals surface area contributed by atoms with E-state index in [1.807, 2.05) is 4.90 Å². The van der Waals surface area contributed by atoms with Gasteiger partial charge < -0.3 is 10.2 Å². The van der Waals surface area contributed by atoms with Crippen molar-refractivity contribution in [2.45, 2.75) is 64.8 Å². The Hall–Kier alpha value is -1.10. The predicted molar refractivity (Wildman–Crippen MR) is 99.1 cm³/mol. The third-order valence-electron chi connectivity index (χ3n) is 6.38. The molecule has 0 aromatic rings. The zero-order valence-electron chi connectivity index (χ0n) is 16.0. The van der Waals surface area contributed by atoms with E-state index in [0.717, 1.165) is 52.0 Å². The molecule has 1 heterocycles. The van der Waals surface area contributed by atoms with E-state index in [1.165, 1.54) is 25.7 Å². The smallest absolute Gasteiger partial charge is 0.237 e. The monoisotopic (exact) mass is 349 g/mol. The Balaban J connectivity index is 1.57. The Morgan fingerprint density at radius 1 is 1.04 bits per heavy atom. The van der Waals surface area contributed by atoms with Gasteiger partial charge in [0.1, 0.15) is 0 Å². The SMILES string of the molecule is CCC(C)CNC(=O)C(C1CCCC1)N1CCN(C(=O)C2CC2)CC1. The van der Waals surface area contributed by atoms with Crippen LogP contribution in [0.15, 0.2) is 0 Å². The topological polar surface area (TPSA) is 52.7 Å². The first-order valence-corrected chi connectivity index (χ1v) is 10.4. The fourth-order valence-electron chi connectivity index (χ4n) is 4.28. The van der Waals surface area contributed by atoms with Crippen LogP contribution in [-0.4, -0.2) is 60.4 Å². The van der Waals surface area contributed by atoms with Crippen molar-refractivity contribution < 1.29 is 9.59 Å². The second kappa shape index (κ2) is 8.52. The van der Waals surface area contributed by atoms with Gasteiger partial charge in [0.05, 0.1) is 6.04 Å². The van der Waals surface area contributed by atoms with Crippen molar-refractivity contribution in [3.05, 3.63) is 0 Å². The molecule has 0 bridgehead atoms. The Morgan fingerprint density at radius 3 is 2.24 bits per heavy atom. The largest absolute Gasteiger partial charge is 0.354 e. The quantitative estimate of drug-likeness (QED) is 0.767. The molecule has 5 heteroatoms. The number of piperazine rings is 1. The molecule has 1 N–H and O–H groups in total. The van der Waals surface area contributed by atoms with Crippen molar-refractivity contribution in [3.8, 4) is 0 Å². The third kappa shape index (κ3) is 4.75. The number of hydrogen-bond donors (Lipinski definition) is 1. The van der Waals surface area contributed by atoms with E-state index in [2.05, 4.69) is 24.1 Å². The number of rotatable bonds is 7. The summed E-state index contributed by atoms with van der Waals surface area (Å²) in [5.74, 6) is 1.88. The van der Waals surface area contributed by atoms with Crippen LogP contribution in [0.2, 0.25) is 0 Å². The molecule has 3 fully saturated rings. The number of amides is 2. The molecule has 0 radical (unpaired) electrons. The van der Waals surface area contributed by atoms with Gasteiger partial charge in [0.2, 0.25) is 11.8 Å². The average molecular weight is 350 g/mol. The minimum atomic E-state index is 0.00438. The number of nitrogens with one attached hydrogen (secondary N) is 1. The Morgan fingerprint density at radius 2 is 1.68 bits per heavy atom. The van der Waals surface area contributed by atoms with Crippen molar-refractivity contribution in [1.29, 1.82) is 0 Å². The van der Waals surface area contributed by atoms with Crippen LogP contribution in [0, 0.1) is 17.8 Å². The Bertz CT molecular complexity index is 464. The molecule has 2 aliphatic carbocycles. The van der Waals surface area contributed by atoms with Crippen LogP contribution in [0.1, 0.15) is 58.8 Å². The highest BCUT2D eigenvalue weighted by atomic mass is 16.2. The van der Waals surface area contributed by atoms with Gasteiger partial charge in [-0.3, -0.25) is 14.5 Å². The molecular formula is C20H35N3O2. The summed E-state index contributed by atoms with van der Waals surface area (Å²) in [6.07, 6.45) is 8.07. The van der Waals surface area contributed by atoms with Gasteiger partial charge in [-0.05, 0) is 37.5 Å². The fraction of sp³-hybridized carbons (Fsp3) is 0.900. The summed E-state index contributed by atoms with van der Waals surface area (Å²) >= 11 is 0. The predicted octanol–water partition coefficient (Wildman–Crippen LogP) is 2.26. The van der Waals surface area contributed by atoms with Crippen LogP contribution >= 0.6 is 0 Å². The minimum Gasteiger partial charge on any atom is -0.354 e. The highest BCUT2D eigenvalue weighted by molar-refractivity contribution is 5.82. The molecular weight excluding hydrogens is 314 g/mol. The maximum atomic E-state index is 13.0. The summed E-state index contributed by atoms with van der Waals surface area (Å²) in [4.78, 5) is 29.6. The van der Waals surface area contributed by atoms with Gasteiger partial charge in [-0.25, -0.2) is 0 Å². The van der Waals surface area contributed by atoms with Crippen molar-refractivity contribution in [1.82, 2.24) is 15.1 Å². The number of carbonyl (C=O) groups excluding carboxylic acids is 2. The van der Waals surface area contributed by atoms with Gasteiger partial charge in [-0.2, -0.15) is 0 Å². The molecule has 3 aliphatic rings. The van der Waals surface area contributed by atoms with E-state index in [0.29, 0.717) is 23.7 Å². The molecule has 5 nitrogen and oxygen atoms in total. The Kier molecular flexibility index (Phi) is 6.37. The summed E-state index contributed by atoms with van der Waals surface area (Å²) in [5, 5.41) is 3.21. The molecule has 0 aromatic carbocycles. The van der Waals surface area contributed by atoms with E-state index in [9.17, 15) is 9.59 Å². The highest BCUT2D eigenvalue weighted by Gasteiger charge is 2.39. The van der Waals surface area contributed by atoms with E-state index < -0.39 is 0 Å². The lowest BCUT2D eigenvalue weighted by Crippen LogP contribution is -2.58. The van der Waals surface area contributed by atoms with Crippen LogP contribution in [0.4, 0.5) is 0 Å². The molecule has 2 unspecified atom stereocenters. The molecule has 0 spiro atoms. The maximum absolute atomic E-state index is 13.0. The average Bonchev–Trinajstić information content (AvgIpc) is 3.36. The van der Waals surface area contributed by atoms with Gasteiger partial charge in [0.15, 0.2) is 0 Å². The molecule has 2 atom stereocenters.